The molecule has 0 aliphatic heterocycles. The first kappa shape index (κ1) is 22.1. The second kappa shape index (κ2) is 8.88. The van der Waals surface area contributed by atoms with Crippen LogP contribution in [0.2, 0.25) is 0 Å². The van der Waals surface area contributed by atoms with Gasteiger partial charge >= 0.3 is 0 Å². The molecule has 0 saturated carbocycles. The fourth-order valence-corrected chi connectivity index (χ4v) is 4.28. The number of pyridine rings is 1. The number of halogens is 2. The van der Waals surface area contributed by atoms with Gasteiger partial charge in [-0.1, -0.05) is 15.9 Å². The van der Waals surface area contributed by atoms with Crippen LogP contribution in [0.3, 0.4) is 0 Å². The molecule has 0 aliphatic rings. The van der Waals surface area contributed by atoms with Crippen molar-refractivity contribution in [3.8, 4) is 17.1 Å². The van der Waals surface area contributed by atoms with Gasteiger partial charge in [0.15, 0.2) is 0 Å². The summed E-state index contributed by atoms with van der Waals surface area (Å²) in [5.41, 5.74) is 3.92. The molecular weight excluding hydrogens is 503 g/mol. The molecule has 5 aromatic rings. The van der Waals surface area contributed by atoms with Crippen molar-refractivity contribution < 1.29 is 9.50 Å². The zero-order valence-corrected chi connectivity index (χ0v) is 19.6. The number of benzene rings is 2. The topological polar surface area (TPSA) is 112 Å². The van der Waals surface area contributed by atoms with E-state index in [-0.39, 0.29) is 17.7 Å². The standard InChI is InChI=1S/C24H20BrFN6O2/c1-13-8-15(32-7-6-27-12-32)10-19-22(13)31-23(30-19)21-18(4-5-28-24(21)34)29-11-20(33)16-9-14(25)2-3-17(16)26/h2-10,12,20,33H,11H2,1H3,(H,30,31)(H2,28,29,34). The van der Waals surface area contributed by atoms with Gasteiger partial charge in [0.1, 0.15) is 17.2 Å². The lowest BCUT2D eigenvalue weighted by atomic mass is 10.1. The fourth-order valence-electron chi connectivity index (χ4n) is 3.90. The lowest BCUT2D eigenvalue weighted by molar-refractivity contribution is 0.186. The highest BCUT2D eigenvalue weighted by molar-refractivity contribution is 9.10. The number of fused-ring (bicyclic) bond motifs is 1. The first-order chi connectivity index (χ1) is 16.4. The average molecular weight is 523 g/mol. The number of H-pyrrole nitrogens is 2. The normalized spacial score (nSPS) is 12.2. The molecule has 1 atom stereocenters. The minimum Gasteiger partial charge on any atom is -0.386 e. The number of rotatable bonds is 6. The predicted molar refractivity (Wildman–Crippen MR) is 132 cm³/mol. The van der Waals surface area contributed by atoms with Crippen molar-refractivity contribution in [1.82, 2.24) is 24.5 Å². The van der Waals surface area contributed by atoms with E-state index < -0.39 is 11.9 Å². The number of aromatic amines is 2. The maximum atomic E-state index is 14.2. The van der Waals surface area contributed by atoms with Gasteiger partial charge in [-0.15, -0.1) is 0 Å². The second-order valence-electron chi connectivity index (χ2n) is 7.87. The molecule has 3 aromatic heterocycles. The van der Waals surface area contributed by atoms with E-state index in [9.17, 15) is 14.3 Å². The van der Waals surface area contributed by atoms with Crippen LogP contribution in [0, 0.1) is 12.7 Å². The zero-order valence-electron chi connectivity index (χ0n) is 18.0. The Balaban J connectivity index is 1.49. The van der Waals surface area contributed by atoms with Gasteiger partial charge in [0, 0.05) is 40.9 Å². The van der Waals surface area contributed by atoms with E-state index in [0.717, 1.165) is 22.3 Å². The molecule has 172 valence electrons. The van der Waals surface area contributed by atoms with Crippen molar-refractivity contribution in [3.63, 3.8) is 0 Å². The summed E-state index contributed by atoms with van der Waals surface area (Å²) in [5, 5.41) is 13.6. The highest BCUT2D eigenvalue weighted by atomic mass is 79.9. The van der Waals surface area contributed by atoms with Gasteiger partial charge in [0.25, 0.3) is 5.56 Å². The Kier molecular flexibility index (Phi) is 5.76. The molecular formula is C24H20BrFN6O2. The van der Waals surface area contributed by atoms with Crippen molar-refractivity contribution in [2.45, 2.75) is 13.0 Å². The molecule has 2 aromatic carbocycles. The number of aliphatic hydroxyl groups excluding tert-OH is 1. The maximum absolute atomic E-state index is 14.2. The number of hydrogen-bond acceptors (Lipinski definition) is 5. The highest BCUT2D eigenvalue weighted by Gasteiger charge is 2.18. The molecule has 3 heterocycles. The van der Waals surface area contributed by atoms with Crippen molar-refractivity contribution >= 4 is 32.7 Å². The van der Waals surface area contributed by atoms with Gasteiger partial charge in [-0.25, -0.2) is 14.4 Å². The average Bonchev–Trinajstić information content (AvgIpc) is 3.49. The summed E-state index contributed by atoms with van der Waals surface area (Å²) in [4.78, 5) is 27.4. The molecule has 0 amide bonds. The van der Waals surface area contributed by atoms with Crippen LogP contribution in [0.25, 0.3) is 28.1 Å². The predicted octanol–water partition coefficient (Wildman–Crippen LogP) is 4.46. The molecule has 0 saturated heterocycles. The molecule has 0 fully saturated rings. The van der Waals surface area contributed by atoms with Gasteiger partial charge in [-0.2, -0.15) is 0 Å². The van der Waals surface area contributed by atoms with Crippen LogP contribution in [0.15, 0.2) is 70.6 Å². The number of aromatic nitrogens is 5. The summed E-state index contributed by atoms with van der Waals surface area (Å²) in [6.07, 6.45) is 5.64. The van der Waals surface area contributed by atoms with Crippen LogP contribution in [0.1, 0.15) is 17.2 Å². The molecule has 34 heavy (non-hydrogen) atoms. The lowest BCUT2D eigenvalue weighted by Gasteiger charge is -2.15. The molecule has 10 heteroatoms. The van der Waals surface area contributed by atoms with Crippen molar-refractivity contribution in [2.24, 2.45) is 0 Å². The number of nitrogens with one attached hydrogen (secondary N) is 3. The van der Waals surface area contributed by atoms with Crippen LogP contribution < -0.4 is 10.9 Å². The summed E-state index contributed by atoms with van der Waals surface area (Å²) in [6, 6.07) is 9.99. The van der Waals surface area contributed by atoms with Crippen LogP contribution >= 0.6 is 15.9 Å². The van der Waals surface area contributed by atoms with E-state index in [4.69, 9.17) is 0 Å². The summed E-state index contributed by atoms with van der Waals surface area (Å²) in [7, 11) is 0. The minimum atomic E-state index is -1.12. The zero-order chi connectivity index (χ0) is 23.8. The number of imidazole rings is 2. The largest absolute Gasteiger partial charge is 0.386 e. The molecule has 5 rings (SSSR count). The third kappa shape index (κ3) is 4.13. The van der Waals surface area contributed by atoms with Crippen LogP contribution in [0.5, 0.6) is 0 Å². The molecule has 1 unspecified atom stereocenters. The number of anilines is 1. The fraction of sp³-hybridized carbons (Fsp3) is 0.125. The minimum absolute atomic E-state index is 0.00609. The van der Waals surface area contributed by atoms with Crippen LogP contribution in [-0.2, 0) is 0 Å². The first-order valence-corrected chi connectivity index (χ1v) is 11.3. The van der Waals surface area contributed by atoms with E-state index in [0.29, 0.717) is 21.5 Å². The third-order valence-corrected chi connectivity index (χ3v) is 6.06. The Hall–Kier alpha value is -3.76. The smallest absolute Gasteiger partial charge is 0.261 e. The van der Waals surface area contributed by atoms with Crippen molar-refractivity contribution in [2.75, 3.05) is 11.9 Å². The van der Waals surface area contributed by atoms with Gasteiger partial charge in [0.05, 0.1) is 29.2 Å². The number of aryl methyl sites for hydroxylation is 1. The Labute approximate surface area is 201 Å². The molecule has 0 spiro atoms. The van der Waals surface area contributed by atoms with Gasteiger partial charge in [-0.3, -0.25) is 4.79 Å². The van der Waals surface area contributed by atoms with Crippen molar-refractivity contribution in [3.05, 3.63) is 93.1 Å². The van der Waals surface area contributed by atoms with E-state index in [1.54, 1.807) is 24.7 Å². The highest BCUT2D eigenvalue weighted by Crippen LogP contribution is 2.28. The SMILES string of the molecule is Cc1cc(-n2ccnc2)cc2[nH]c(-c3c(NCC(O)c4cc(Br)ccc4F)cc[nH]c3=O)nc12. The Morgan fingerprint density at radius 1 is 1.26 bits per heavy atom. The van der Waals surface area contributed by atoms with Gasteiger partial charge in [-0.05, 0) is 48.9 Å². The van der Waals surface area contributed by atoms with Gasteiger partial charge < -0.3 is 25.0 Å². The molecule has 0 aliphatic carbocycles. The number of nitrogens with zero attached hydrogens (tertiary/aromatic N) is 3. The molecule has 4 N–H and O–H groups in total. The van der Waals surface area contributed by atoms with E-state index in [2.05, 4.69) is 41.2 Å². The maximum Gasteiger partial charge on any atom is 0.261 e. The van der Waals surface area contributed by atoms with Crippen LogP contribution in [0.4, 0.5) is 10.1 Å². The molecule has 0 radical (unpaired) electrons. The number of hydrogen-bond donors (Lipinski definition) is 4. The Morgan fingerprint density at radius 2 is 2.12 bits per heavy atom. The Bertz CT molecular complexity index is 1540. The van der Waals surface area contributed by atoms with E-state index in [1.807, 2.05) is 29.8 Å². The first-order valence-electron chi connectivity index (χ1n) is 10.5. The van der Waals surface area contributed by atoms with Gasteiger partial charge in [0.2, 0.25) is 0 Å². The van der Waals surface area contributed by atoms with E-state index >= 15 is 0 Å². The number of aliphatic hydroxyl groups is 1. The molecule has 8 nitrogen and oxygen atoms in total. The quantitative estimate of drug-likeness (QED) is 0.263. The monoisotopic (exact) mass is 522 g/mol. The van der Waals surface area contributed by atoms with Crippen LogP contribution in [-0.4, -0.2) is 36.2 Å². The lowest BCUT2D eigenvalue weighted by Crippen LogP contribution is -2.17. The third-order valence-electron chi connectivity index (χ3n) is 5.57. The summed E-state index contributed by atoms with van der Waals surface area (Å²) in [6.45, 7) is 1.94. The van der Waals surface area contributed by atoms with Crippen molar-refractivity contribution in [1.29, 1.82) is 0 Å². The Morgan fingerprint density at radius 3 is 2.91 bits per heavy atom. The summed E-state index contributed by atoms with van der Waals surface area (Å²) < 4.78 is 16.7. The summed E-state index contributed by atoms with van der Waals surface area (Å²) in [5.74, 6) is -0.126. The van der Waals surface area contributed by atoms with E-state index in [1.165, 1.54) is 18.3 Å². The summed E-state index contributed by atoms with van der Waals surface area (Å²) >= 11 is 3.29. The molecule has 0 bridgehead atoms. The second-order valence-corrected chi connectivity index (χ2v) is 8.79.